The molecule has 128 valence electrons. The van der Waals surface area contributed by atoms with Crippen molar-refractivity contribution >= 4 is 5.97 Å². The SMILES string of the molecule is CC/C=C/CCCCN(CCCC/C=C/CC)C(C)C(=O)[O-].[K+]. The Balaban J connectivity index is 0. The second-order valence-electron chi connectivity index (χ2n) is 5.78. The molecule has 0 amide bonds. The van der Waals surface area contributed by atoms with Gasteiger partial charge in [0.25, 0.3) is 0 Å². The maximum Gasteiger partial charge on any atom is 1.00 e. The van der Waals surface area contributed by atoms with Crippen molar-refractivity contribution in [2.45, 2.75) is 78.2 Å². The summed E-state index contributed by atoms with van der Waals surface area (Å²) in [4.78, 5) is 13.2. The first-order valence-electron chi connectivity index (χ1n) is 8.88. The Hall–Kier alpha value is 0.546. The van der Waals surface area contributed by atoms with E-state index in [9.17, 15) is 9.90 Å². The van der Waals surface area contributed by atoms with Crippen LogP contribution in [0.15, 0.2) is 24.3 Å². The largest absolute Gasteiger partial charge is 1.00 e. The number of carboxylic acid groups (broad SMARTS) is 1. The molecule has 0 rings (SSSR count). The summed E-state index contributed by atoms with van der Waals surface area (Å²) >= 11 is 0. The number of carboxylic acids is 1. The number of hydrogen-bond acceptors (Lipinski definition) is 3. The van der Waals surface area contributed by atoms with Crippen molar-refractivity contribution < 1.29 is 61.3 Å². The quantitative estimate of drug-likeness (QED) is 0.264. The molecule has 0 aliphatic rings. The van der Waals surface area contributed by atoms with Gasteiger partial charge in [-0.1, -0.05) is 38.2 Å². The van der Waals surface area contributed by atoms with Crippen LogP contribution in [-0.2, 0) is 4.79 Å². The molecule has 1 unspecified atom stereocenters. The van der Waals surface area contributed by atoms with Crippen LogP contribution in [0.4, 0.5) is 0 Å². The van der Waals surface area contributed by atoms with Crippen LogP contribution >= 0.6 is 0 Å². The van der Waals surface area contributed by atoms with Crippen molar-refractivity contribution in [3.63, 3.8) is 0 Å². The molecule has 0 bridgehead atoms. The number of rotatable bonds is 14. The molecule has 0 radical (unpaired) electrons. The van der Waals surface area contributed by atoms with Crippen LogP contribution in [0.2, 0.25) is 0 Å². The van der Waals surface area contributed by atoms with Crippen LogP contribution in [0, 0.1) is 0 Å². The third-order valence-corrected chi connectivity index (χ3v) is 3.83. The van der Waals surface area contributed by atoms with Gasteiger partial charge in [0.05, 0.1) is 5.97 Å². The third kappa shape index (κ3) is 15.8. The summed E-state index contributed by atoms with van der Waals surface area (Å²) in [5, 5.41) is 11.1. The Morgan fingerprint density at radius 2 is 1.35 bits per heavy atom. The summed E-state index contributed by atoms with van der Waals surface area (Å²) < 4.78 is 0. The molecule has 3 nitrogen and oxygen atoms in total. The maximum atomic E-state index is 11.1. The molecule has 23 heavy (non-hydrogen) atoms. The number of carbonyl (C=O) groups excluding carboxylic acids is 1. The van der Waals surface area contributed by atoms with E-state index in [1.165, 1.54) is 0 Å². The van der Waals surface area contributed by atoms with Gasteiger partial charge < -0.3 is 9.90 Å². The van der Waals surface area contributed by atoms with Gasteiger partial charge >= 0.3 is 51.4 Å². The van der Waals surface area contributed by atoms with Crippen molar-refractivity contribution in [3.8, 4) is 0 Å². The van der Waals surface area contributed by atoms with E-state index in [-0.39, 0.29) is 51.4 Å². The zero-order valence-electron chi connectivity index (χ0n) is 15.7. The van der Waals surface area contributed by atoms with Crippen molar-refractivity contribution in [3.05, 3.63) is 24.3 Å². The van der Waals surface area contributed by atoms with Crippen LogP contribution in [0.3, 0.4) is 0 Å². The molecular weight excluding hydrogens is 313 g/mol. The molecule has 0 spiro atoms. The van der Waals surface area contributed by atoms with Gasteiger partial charge in [-0.15, -0.1) is 0 Å². The van der Waals surface area contributed by atoms with Crippen molar-refractivity contribution in [2.24, 2.45) is 0 Å². The van der Waals surface area contributed by atoms with Gasteiger partial charge in [0, 0.05) is 6.04 Å². The van der Waals surface area contributed by atoms with Gasteiger partial charge in [-0.3, -0.25) is 4.90 Å². The van der Waals surface area contributed by atoms with Gasteiger partial charge in [-0.05, 0) is 71.4 Å². The maximum absolute atomic E-state index is 11.1. The van der Waals surface area contributed by atoms with Crippen LogP contribution in [-0.4, -0.2) is 30.0 Å². The molecule has 0 heterocycles. The Morgan fingerprint density at radius 3 is 1.70 bits per heavy atom. The number of allylic oxidation sites excluding steroid dienone is 4. The van der Waals surface area contributed by atoms with Crippen molar-refractivity contribution in [2.75, 3.05) is 13.1 Å². The molecule has 0 fully saturated rings. The molecule has 0 saturated carbocycles. The molecule has 0 N–H and O–H groups in total. The Labute approximate surface area is 186 Å². The fourth-order valence-electron chi connectivity index (χ4n) is 2.37. The second kappa shape index (κ2) is 18.9. The minimum atomic E-state index is -0.961. The molecule has 0 aliphatic heterocycles. The molecule has 1 atom stereocenters. The summed E-state index contributed by atoms with van der Waals surface area (Å²) in [7, 11) is 0. The Bertz CT molecular complexity index is 307. The topological polar surface area (TPSA) is 43.4 Å². The molecule has 0 saturated heterocycles. The first-order chi connectivity index (χ1) is 10.6. The van der Waals surface area contributed by atoms with E-state index in [1.54, 1.807) is 6.92 Å². The van der Waals surface area contributed by atoms with Crippen LogP contribution in [0.25, 0.3) is 0 Å². The van der Waals surface area contributed by atoms with Gasteiger partial charge in [0.1, 0.15) is 0 Å². The summed E-state index contributed by atoms with van der Waals surface area (Å²) in [6.07, 6.45) is 17.5. The fourth-order valence-corrected chi connectivity index (χ4v) is 2.37. The molecule has 0 aromatic rings. The molecule has 0 aromatic heterocycles. The number of aliphatic carboxylic acids is 1. The first-order valence-corrected chi connectivity index (χ1v) is 8.88. The normalized spacial score (nSPS) is 12.9. The fraction of sp³-hybridized carbons (Fsp3) is 0.737. The van der Waals surface area contributed by atoms with Gasteiger partial charge in [0.15, 0.2) is 0 Å². The molecule has 0 aliphatic carbocycles. The predicted octanol–water partition coefficient (Wildman–Crippen LogP) is 0.704. The predicted molar refractivity (Wildman–Crippen MR) is 92.6 cm³/mol. The number of carbonyl (C=O) groups is 1. The smallest absolute Gasteiger partial charge is 0.548 e. The Morgan fingerprint density at radius 1 is 0.913 bits per heavy atom. The summed E-state index contributed by atoms with van der Waals surface area (Å²) in [5.41, 5.74) is 0. The minimum Gasteiger partial charge on any atom is -0.548 e. The van der Waals surface area contributed by atoms with E-state index in [4.69, 9.17) is 0 Å². The van der Waals surface area contributed by atoms with E-state index in [1.807, 2.05) is 0 Å². The third-order valence-electron chi connectivity index (χ3n) is 3.83. The van der Waals surface area contributed by atoms with E-state index < -0.39 is 12.0 Å². The number of unbranched alkanes of at least 4 members (excludes halogenated alkanes) is 4. The van der Waals surface area contributed by atoms with E-state index in [0.717, 1.165) is 64.5 Å². The zero-order valence-corrected chi connectivity index (χ0v) is 18.8. The molecule has 4 heteroatoms. The summed E-state index contributed by atoms with van der Waals surface area (Å²) in [5.74, 6) is -0.961. The van der Waals surface area contributed by atoms with E-state index >= 15 is 0 Å². The van der Waals surface area contributed by atoms with Gasteiger partial charge in [-0.2, -0.15) is 0 Å². The van der Waals surface area contributed by atoms with Crippen LogP contribution < -0.4 is 56.5 Å². The van der Waals surface area contributed by atoms with Crippen molar-refractivity contribution in [1.82, 2.24) is 4.90 Å². The molecular formula is C19H34KNO2. The van der Waals surface area contributed by atoms with Gasteiger partial charge in [0.2, 0.25) is 0 Å². The van der Waals surface area contributed by atoms with E-state index in [2.05, 4.69) is 43.1 Å². The second-order valence-corrected chi connectivity index (χ2v) is 5.78. The van der Waals surface area contributed by atoms with E-state index in [0.29, 0.717) is 0 Å². The standard InChI is InChI=1S/C19H35NO2.K/c1-4-6-8-10-12-14-16-20(18(3)19(21)22)17-15-13-11-9-7-5-2;/h6-9,18H,4-5,10-17H2,1-3H3,(H,21,22);/q;+1/p-1/b8-6+,9-7+;. The first kappa shape index (κ1) is 25.8. The zero-order chi connectivity index (χ0) is 16.6. The number of nitrogens with zero attached hydrogens (tertiary/aromatic N) is 1. The average Bonchev–Trinajstić information content (AvgIpc) is 2.51. The van der Waals surface area contributed by atoms with Crippen LogP contribution in [0.5, 0.6) is 0 Å². The van der Waals surface area contributed by atoms with Crippen LogP contribution in [0.1, 0.15) is 72.1 Å². The van der Waals surface area contributed by atoms with Gasteiger partial charge in [-0.25, -0.2) is 0 Å². The summed E-state index contributed by atoms with van der Waals surface area (Å²) in [6.45, 7) is 7.70. The number of hydrogen-bond donors (Lipinski definition) is 0. The summed E-state index contributed by atoms with van der Waals surface area (Å²) in [6, 6.07) is -0.489. The molecule has 0 aromatic carbocycles. The Kier molecular flexibility index (Phi) is 21.2. The minimum absolute atomic E-state index is 0. The average molecular weight is 348 g/mol. The van der Waals surface area contributed by atoms with Crippen molar-refractivity contribution in [1.29, 1.82) is 0 Å². The monoisotopic (exact) mass is 347 g/mol.